The third kappa shape index (κ3) is 4.83. The maximum absolute atomic E-state index is 14.0. The van der Waals surface area contributed by atoms with E-state index in [-0.39, 0.29) is 13.2 Å². The summed E-state index contributed by atoms with van der Waals surface area (Å²) in [5.41, 5.74) is -0.572. The second-order valence-corrected chi connectivity index (χ2v) is 7.87. The first-order chi connectivity index (χ1) is 16.5. The molecule has 34 heavy (non-hydrogen) atoms. The van der Waals surface area contributed by atoms with Gasteiger partial charge in [-0.1, -0.05) is 37.3 Å². The molecule has 1 N–H and O–H groups in total. The molecular weight excluding hydrogens is 442 g/mol. The summed E-state index contributed by atoms with van der Waals surface area (Å²) in [5, 5.41) is 11.6. The van der Waals surface area contributed by atoms with E-state index in [2.05, 4.69) is 0 Å². The highest BCUT2D eigenvalue weighted by Crippen LogP contribution is 2.47. The molecule has 3 rings (SSSR count). The first-order valence-corrected chi connectivity index (χ1v) is 11.1. The second-order valence-electron chi connectivity index (χ2n) is 7.87. The average Bonchev–Trinajstić information content (AvgIpc) is 3.25. The van der Waals surface area contributed by atoms with Crippen molar-refractivity contribution in [3.8, 4) is 17.2 Å². The smallest absolute Gasteiger partial charge is 0.285 e. The van der Waals surface area contributed by atoms with E-state index in [0.29, 0.717) is 34.5 Å². The number of nitrogens with zero attached hydrogens (tertiary/aromatic N) is 1. The van der Waals surface area contributed by atoms with Gasteiger partial charge in [0, 0.05) is 19.3 Å². The Labute approximate surface area is 200 Å². The lowest BCUT2D eigenvalue weighted by Gasteiger charge is -2.36. The summed E-state index contributed by atoms with van der Waals surface area (Å²) in [6, 6.07) is 12.4. The molecule has 0 aromatic heterocycles. The van der Waals surface area contributed by atoms with Gasteiger partial charge in [-0.2, -0.15) is 0 Å². The van der Waals surface area contributed by atoms with E-state index in [1.807, 2.05) is 37.3 Å². The van der Waals surface area contributed by atoms with Crippen molar-refractivity contribution in [3.63, 3.8) is 0 Å². The van der Waals surface area contributed by atoms with Gasteiger partial charge in [-0.25, -0.2) is 5.06 Å². The van der Waals surface area contributed by atoms with E-state index in [9.17, 15) is 10.0 Å². The van der Waals surface area contributed by atoms with Crippen molar-refractivity contribution < 1.29 is 38.4 Å². The van der Waals surface area contributed by atoms with Crippen LogP contribution >= 0.6 is 0 Å². The zero-order valence-electron chi connectivity index (χ0n) is 20.3. The van der Waals surface area contributed by atoms with Crippen molar-refractivity contribution in [2.75, 3.05) is 41.7 Å². The van der Waals surface area contributed by atoms with Crippen LogP contribution in [0.25, 0.3) is 0 Å². The van der Waals surface area contributed by atoms with Gasteiger partial charge in [-0.15, -0.1) is 0 Å². The highest BCUT2D eigenvalue weighted by atomic mass is 16.6. The molecule has 9 nitrogen and oxygen atoms in total. The molecule has 0 bridgehead atoms. The van der Waals surface area contributed by atoms with Crippen LogP contribution in [0.2, 0.25) is 0 Å². The van der Waals surface area contributed by atoms with E-state index in [0.717, 1.165) is 12.0 Å². The SMILES string of the molecule is CCCOC1C(OC)COC1(C(=O)N(O)Cc1ccccc1)c1cc(OC)c(OC)c(OC)c1. The summed E-state index contributed by atoms with van der Waals surface area (Å²) in [6.45, 7) is 2.39. The Kier molecular flexibility index (Phi) is 8.73. The standard InChI is InChI=1S/C25H33NO8/c1-6-12-33-23-21(31-4)16-34-25(23,24(27)26(28)15-17-10-8-7-9-11-17)18-13-19(29-2)22(32-5)20(14-18)30-3/h7-11,13-14,21,23,28H,6,12,15-16H2,1-5H3. The lowest BCUT2D eigenvalue weighted by Crippen LogP contribution is -2.54. The molecule has 3 unspecified atom stereocenters. The molecule has 0 aliphatic carbocycles. The van der Waals surface area contributed by atoms with Gasteiger partial charge < -0.3 is 28.4 Å². The molecule has 3 atom stereocenters. The van der Waals surface area contributed by atoms with Gasteiger partial charge in [0.05, 0.1) is 34.5 Å². The number of hydrogen-bond acceptors (Lipinski definition) is 8. The molecule has 186 valence electrons. The minimum absolute atomic E-state index is 0.0344. The highest BCUT2D eigenvalue weighted by molar-refractivity contribution is 5.88. The maximum Gasteiger partial charge on any atom is 0.285 e. The molecular formula is C25H33NO8. The molecule has 0 saturated carbocycles. The summed E-state index contributed by atoms with van der Waals surface area (Å²) in [6.07, 6.45) is -0.655. The molecule has 0 spiro atoms. The van der Waals surface area contributed by atoms with Crippen LogP contribution in [0.5, 0.6) is 17.2 Å². The first kappa shape index (κ1) is 25.8. The number of carbonyl (C=O) groups is 1. The zero-order valence-corrected chi connectivity index (χ0v) is 20.3. The number of benzene rings is 2. The average molecular weight is 476 g/mol. The summed E-state index contributed by atoms with van der Waals surface area (Å²) >= 11 is 0. The third-order valence-electron chi connectivity index (χ3n) is 5.84. The van der Waals surface area contributed by atoms with Crippen LogP contribution in [0.1, 0.15) is 24.5 Å². The summed E-state index contributed by atoms with van der Waals surface area (Å²) < 4.78 is 34.4. The van der Waals surface area contributed by atoms with Gasteiger partial charge in [0.15, 0.2) is 11.5 Å². The van der Waals surface area contributed by atoms with Gasteiger partial charge in [-0.05, 0) is 24.1 Å². The fourth-order valence-electron chi connectivity index (χ4n) is 4.18. The fraction of sp³-hybridized carbons (Fsp3) is 0.480. The zero-order chi connectivity index (χ0) is 24.7. The Morgan fingerprint density at radius 1 is 1.09 bits per heavy atom. The molecule has 1 aliphatic heterocycles. The normalized spacial score (nSPS) is 21.8. The Morgan fingerprint density at radius 2 is 1.74 bits per heavy atom. The van der Waals surface area contributed by atoms with Crippen LogP contribution < -0.4 is 14.2 Å². The van der Waals surface area contributed by atoms with Crippen molar-refractivity contribution in [3.05, 3.63) is 53.6 Å². The minimum atomic E-state index is -1.72. The molecule has 1 fully saturated rings. The minimum Gasteiger partial charge on any atom is -0.493 e. The van der Waals surface area contributed by atoms with Crippen LogP contribution in [0.3, 0.4) is 0 Å². The van der Waals surface area contributed by atoms with Gasteiger partial charge in [0.25, 0.3) is 5.91 Å². The molecule has 1 heterocycles. The van der Waals surface area contributed by atoms with Crippen LogP contribution in [0.4, 0.5) is 0 Å². The van der Waals surface area contributed by atoms with E-state index < -0.39 is 23.7 Å². The van der Waals surface area contributed by atoms with Gasteiger partial charge in [0.2, 0.25) is 11.4 Å². The molecule has 2 aromatic rings. The third-order valence-corrected chi connectivity index (χ3v) is 5.84. The van der Waals surface area contributed by atoms with Crippen molar-refractivity contribution in [2.45, 2.75) is 37.7 Å². The molecule has 1 saturated heterocycles. The molecule has 2 aromatic carbocycles. The highest BCUT2D eigenvalue weighted by Gasteiger charge is 2.59. The molecule has 0 radical (unpaired) electrons. The van der Waals surface area contributed by atoms with Crippen LogP contribution in [-0.2, 0) is 31.2 Å². The summed E-state index contributed by atoms with van der Waals surface area (Å²) in [5.74, 6) is 0.366. The number of carbonyl (C=O) groups excluding carboxylic acids is 1. The lowest BCUT2D eigenvalue weighted by molar-refractivity contribution is -0.203. The van der Waals surface area contributed by atoms with Crippen LogP contribution in [0, 0.1) is 0 Å². The topological polar surface area (TPSA) is 95.9 Å². The number of methoxy groups -OCH3 is 4. The Morgan fingerprint density at radius 3 is 2.26 bits per heavy atom. The number of rotatable bonds is 11. The number of hydrogen-bond donors (Lipinski definition) is 1. The van der Waals surface area contributed by atoms with Crippen molar-refractivity contribution >= 4 is 5.91 Å². The first-order valence-electron chi connectivity index (χ1n) is 11.1. The van der Waals surface area contributed by atoms with Crippen molar-refractivity contribution in [2.24, 2.45) is 0 Å². The number of amides is 1. The van der Waals surface area contributed by atoms with Gasteiger partial charge >= 0.3 is 0 Å². The number of hydroxylamine groups is 2. The Hall–Kier alpha value is -2.85. The predicted molar refractivity (Wildman–Crippen MR) is 123 cm³/mol. The Balaban J connectivity index is 2.15. The molecule has 9 heteroatoms. The predicted octanol–water partition coefficient (Wildman–Crippen LogP) is 3.17. The van der Waals surface area contributed by atoms with E-state index in [1.165, 1.54) is 28.4 Å². The second kappa shape index (κ2) is 11.5. The lowest BCUT2D eigenvalue weighted by atomic mass is 9.85. The number of ether oxygens (including phenoxy) is 6. The Bertz CT molecular complexity index is 928. The van der Waals surface area contributed by atoms with Gasteiger partial charge in [0.1, 0.15) is 12.2 Å². The summed E-state index contributed by atoms with van der Waals surface area (Å²) in [7, 11) is 6.01. The fourth-order valence-corrected chi connectivity index (χ4v) is 4.18. The largest absolute Gasteiger partial charge is 0.493 e. The molecule has 1 aliphatic rings. The van der Waals surface area contributed by atoms with E-state index in [1.54, 1.807) is 12.1 Å². The maximum atomic E-state index is 14.0. The monoisotopic (exact) mass is 475 g/mol. The van der Waals surface area contributed by atoms with Crippen LogP contribution in [-0.4, -0.2) is 70.0 Å². The quantitative estimate of drug-likeness (QED) is 0.391. The molecule has 1 amide bonds. The van der Waals surface area contributed by atoms with Crippen LogP contribution in [0.15, 0.2) is 42.5 Å². The summed E-state index contributed by atoms with van der Waals surface area (Å²) in [4.78, 5) is 14.0. The van der Waals surface area contributed by atoms with E-state index >= 15 is 0 Å². The van der Waals surface area contributed by atoms with Crippen molar-refractivity contribution in [1.82, 2.24) is 5.06 Å². The van der Waals surface area contributed by atoms with E-state index in [4.69, 9.17) is 28.4 Å². The van der Waals surface area contributed by atoms with Gasteiger partial charge in [-0.3, -0.25) is 10.0 Å². The van der Waals surface area contributed by atoms with Crippen molar-refractivity contribution in [1.29, 1.82) is 0 Å².